The summed E-state index contributed by atoms with van der Waals surface area (Å²) in [6.07, 6.45) is 5.15. The maximum absolute atomic E-state index is 2.55. The van der Waals surface area contributed by atoms with Crippen molar-refractivity contribution in [2.24, 2.45) is 0 Å². The Hall–Kier alpha value is -2.02. The molecule has 1 heterocycles. The van der Waals surface area contributed by atoms with Gasteiger partial charge in [0.2, 0.25) is 0 Å². The standard InChI is InChI=1S/C20H21N.C2H6/c1-15-11-12-20-18(13-15)17-9-5-6-10-19(17)21(20)14-16-7-3-2-4-8-16;1-2/h2-4,7-8,11-13H,5-6,9-10,14H2,1H3;1-2H3. The van der Waals surface area contributed by atoms with E-state index in [9.17, 15) is 0 Å². The predicted molar refractivity (Wildman–Crippen MR) is 100 cm³/mol. The van der Waals surface area contributed by atoms with Crippen LogP contribution in [0.1, 0.15) is 49.1 Å². The number of nitrogens with zero attached hydrogens (tertiary/aromatic N) is 1. The van der Waals surface area contributed by atoms with E-state index in [4.69, 9.17) is 0 Å². The van der Waals surface area contributed by atoms with Crippen LogP contribution < -0.4 is 0 Å². The monoisotopic (exact) mass is 305 g/mol. The lowest BCUT2D eigenvalue weighted by molar-refractivity contribution is 0.638. The van der Waals surface area contributed by atoms with Crippen LogP contribution in [0.25, 0.3) is 10.9 Å². The highest BCUT2D eigenvalue weighted by molar-refractivity contribution is 5.86. The van der Waals surface area contributed by atoms with Gasteiger partial charge in [-0.1, -0.05) is 55.8 Å². The molecule has 0 N–H and O–H groups in total. The SMILES string of the molecule is CC.Cc1ccc2c(c1)c1c(n2Cc2ccccc2)CCCC1. The van der Waals surface area contributed by atoms with Crippen LogP contribution in [0, 0.1) is 6.92 Å². The first-order valence-electron chi connectivity index (χ1n) is 8.97. The lowest BCUT2D eigenvalue weighted by atomic mass is 9.95. The first-order valence-corrected chi connectivity index (χ1v) is 8.97. The minimum atomic E-state index is 0.996. The average molecular weight is 305 g/mol. The number of aromatic nitrogens is 1. The van der Waals surface area contributed by atoms with Gasteiger partial charge in [-0.2, -0.15) is 0 Å². The van der Waals surface area contributed by atoms with Crippen molar-refractivity contribution >= 4 is 10.9 Å². The fraction of sp³-hybridized carbons (Fsp3) is 0.364. The normalized spacial score (nSPS) is 13.3. The Bertz CT molecular complexity index is 781. The van der Waals surface area contributed by atoms with Gasteiger partial charge in [-0.25, -0.2) is 0 Å². The fourth-order valence-electron chi connectivity index (χ4n) is 3.70. The molecule has 0 radical (unpaired) electrons. The summed E-state index contributed by atoms with van der Waals surface area (Å²) in [5.74, 6) is 0. The zero-order valence-electron chi connectivity index (χ0n) is 14.6. The summed E-state index contributed by atoms with van der Waals surface area (Å²) in [4.78, 5) is 0. The van der Waals surface area contributed by atoms with E-state index in [1.807, 2.05) is 13.8 Å². The molecule has 0 fully saturated rings. The fourth-order valence-corrected chi connectivity index (χ4v) is 3.70. The molecule has 0 bridgehead atoms. The zero-order chi connectivity index (χ0) is 16.2. The third-order valence-electron chi connectivity index (χ3n) is 4.72. The predicted octanol–water partition coefficient (Wildman–Crippen LogP) is 5.90. The largest absolute Gasteiger partial charge is 0.340 e. The quantitative estimate of drug-likeness (QED) is 0.555. The minimum Gasteiger partial charge on any atom is -0.340 e. The third kappa shape index (κ3) is 3.06. The highest BCUT2D eigenvalue weighted by atomic mass is 15.0. The molecule has 23 heavy (non-hydrogen) atoms. The first-order chi connectivity index (χ1) is 11.3. The van der Waals surface area contributed by atoms with Gasteiger partial charge in [-0.05, 0) is 55.9 Å². The van der Waals surface area contributed by atoms with Gasteiger partial charge in [-0.15, -0.1) is 0 Å². The first kappa shape index (κ1) is 15.9. The molecule has 0 atom stereocenters. The molecule has 1 nitrogen and oxygen atoms in total. The van der Waals surface area contributed by atoms with Gasteiger partial charge < -0.3 is 4.57 Å². The Labute approximate surface area is 140 Å². The summed E-state index contributed by atoms with van der Waals surface area (Å²) < 4.78 is 2.55. The Kier molecular flexibility index (Phi) is 4.85. The highest BCUT2D eigenvalue weighted by Gasteiger charge is 2.19. The highest BCUT2D eigenvalue weighted by Crippen LogP contribution is 2.33. The van der Waals surface area contributed by atoms with E-state index in [2.05, 4.69) is 60.0 Å². The van der Waals surface area contributed by atoms with Crippen LogP contribution in [0.2, 0.25) is 0 Å². The molecule has 1 aromatic heterocycles. The van der Waals surface area contributed by atoms with E-state index < -0.39 is 0 Å². The van der Waals surface area contributed by atoms with E-state index in [-0.39, 0.29) is 0 Å². The topological polar surface area (TPSA) is 4.93 Å². The molecular weight excluding hydrogens is 278 g/mol. The van der Waals surface area contributed by atoms with Gasteiger partial charge in [0.05, 0.1) is 0 Å². The van der Waals surface area contributed by atoms with Crippen molar-refractivity contribution in [1.82, 2.24) is 4.57 Å². The summed E-state index contributed by atoms with van der Waals surface area (Å²) in [6, 6.07) is 17.8. The van der Waals surface area contributed by atoms with Crippen LogP contribution in [-0.4, -0.2) is 4.57 Å². The van der Waals surface area contributed by atoms with Gasteiger partial charge in [-0.3, -0.25) is 0 Å². The molecule has 120 valence electrons. The van der Waals surface area contributed by atoms with Gasteiger partial charge in [0.1, 0.15) is 0 Å². The van der Waals surface area contributed by atoms with Crippen molar-refractivity contribution in [3.05, 3.63) is 70.9 Å². The van der Waals surface area contributed by atoms with Crippen molar-refractivity contribution in [2.45, 2.75) is 53.0 Å². The lowest BCUT2D eigenvalue weighted by Gasteiger charge is -2.16. The van der Waals surface area contributed by atoms with Crippen molar-refractivity contribution in [2.75, 3.05) is 0 Å². The van der Waals surface area contributed by atoms with E-state index in [0.29, 0.717) is 0 Å². The maximum atomic E-state index is 2.55. The van der Waals surface area contributed by atoms with Crippen LogP contribution in [0.15, 0.2) is 48.5 Å². The van der Waals surface area contributed by atoms with Gasteiger partial charge in [0, 0.05) is 23.1 Å². The Morgan fingerprint density at radius 3 is 2.43 bits per heavy atom. The second-order valence-corrected chi connectivity index (χ2v) is 6.22. The second-order valence-electron chi connectivity index (χ2n) is 6.22. The van der Waals surface area contributed by atoms with Crippen LogP contribution in [-0.2, 0) is 19.4 Å². The van der Waals surface area contributed by atoms with Crippen LogP contribution in [0.4, 0.5) is 0 Å². The molecule has 2 aromatic carbocycles. The van der Waals surface area contributed by atoms with Crippen molar-refractivity contribution < 1.29 is 0 Å². The molecule has 3 aromatic rings. The number of aryl methyl sites for hydroxylation is 2. The van der Waals surface area contributed by atoms with E-state index >= 15 is 0 Å². The molecule has 0 aliphatic heterocycles. The molecule has 1 aliphatic rings. The summed E-state index contributed by atoms with van der Waals surface area (Å²) >= 11 is 0. The van der Waals surface area contributed by atoms with Crippen molar-refractivity contribution in [1.29, 1.82) is 0 Å². The molecule has 0 saturated heterocycles. The van der Waals surface area contributed by atoms with Gasteiger partial charge >= 0.3 is 0 Å². The van der Waals surface area contributed by atoms with E-state index in [1.54, 1.807) is 11.3 Å². The molecule has 4 rings (SSSR count). The smallest absolute Gasteiger partial charge is 0.0488 e. The molecule has 0 amide bonds. The summed E-state index contributed by atoms with van der Waals surface area (Å²) in [5.41, 5.74) is 7.36. The Morgan fingerprint density at radius 1 is 0.913 bits per heavy atom. The summed E-state index contributed by atoms with van der Waals surface area (Å²) in [5, 5.41) is 1.49. The molecule has 0 unspecified atom stereocenters. The molecule has 0 saturated carbocycles. The number of benzene rings is 2. The van der Waals surface area contributed by atoms with Crippen LogP contribution in [0.3, 0.4) is 0 Å². The molecule has 1 aliphatic carbocycles. The van der Waals surface area contributed by atoms with E-state index in [1.165, 1.54) is 47.7 Å². The average Bonchev–Trinajstić information content (AvgIpc) is 2.91. The summed E-state index contributed by atoms with van der Waals surface area (Å²) in [6.45, 7) is 7.19. The molecular formula is C22H27N. The maximum Gasteiger partial charge on any atom is 0.0488 e. The zero-order valence-corrected chi connectivity index (χ0v) is 14.6. The lowest BCUT2D eigenvalue weighted by Crippen LogP contribution is -2.09. The van der Waals surface area contributed by atoms with Gasteiger partial charge in [0.15, 0.2) is 0 Å². The van der Waals surface area contributed by atoms with Crippen LogP contribution >= 0.6 is 0 Å². The Morgan fingerprint density at radius 2 is 1.65 bits per heavy atom. The Balaban J connectivity index is 0.000000753. The third-order valence-corrected chi connectivity index (χ3v) is 4.72. The minimum absolute atomic E-state index is 0.996. The van der Waals surface area contributed by atoms with Crippen molar-refractivity contribution in [3.63, 3.8) is 0 Å². The summed E-state index contributed by atoms with van der Waals surface area (Å²) in [7, 11) is 0. The van der Waals surface area contributed by atoms with E-state index in [0.717, 1.165) is 6.54 Å². The number of rotatable bonds is 2. The number of hydrogen-bond acceptors (Lipinski definition) is 0. The number of fused-ring (bicyclic) bond motifs is 3. The van der Waals surface area contributed by atoms with Crippen molar-refractivity contribution in [3.8, 4) is 0 Å². The molecule has 1 heteroatoms. The second kappa shape index (κ2) is 7.04. The van der Waals surface area contributed by atoms with Crippen LogP contribution in [0.5, 0.6) is 0 Å². The molecule has 0 spiro atoms. The van der Waals surface area contributed by atoms with Gasteiger partial charge in [0.25, 0.3) is 0 Å². The number of hydrogen-bond donors (Lipinski definition) is 0.